The third-order valence-corrected chi connectivity index (χ3v) is 6.40. The first-order valence-electron chi connectivity index (χ1n) is 12.4. The number of para-hydroxylation sites is 3. The molecule has 4 aromatic rings. The van der Waals surface area contributed by atoms with Gasteiger partial charge in [-0.1, -0.05) is 57.2 Å². The Morgan fingerprint density at radius 1 is 0.972 bits per heavy atom. The number of carbonyl (C=O) groups excluding carboxylic acids is 1. The molecule has 1 heterocycles. The van der Waals surface area contributed by atoms with Crippen LogP contribution in [0.5, 0.6) is 5.75 Å². The second-order valence-corrected chi connectivity index (χ2v) is 9.38. The zero-order chi connectivity index (χ0) is 25.8. The number of amides is 1. The average molecular weight is 484 g/mol. The van der Waals surface area contributed by atoms with Crippen molar-refractivity contribution in [1.82, 2.24) is 14.5 Å². The van der Waals surface area contributed by atoms with E-state index in [2.05, 4.69) is 20.8 Å². The van der Waals surface area contributed by atoms with Crippen LogP contribution in [-0.2, 0) is 6.42 Å². The lowest BCUT2D eigenvalue weighted by Gasteiger charge is -2.32. The Labute approximate surface area is 212 Å². The maximum Gasteiger partial charge on any atom is 0.266 e. The van der Waals surface area contributed by atoms with Crippen LogP contribution in [0.25, 0.3) is 16.6 Å². The van der Waals surface area contributed by atoms with Crippen LogP contribution in [0.1, 0.15) is 55.5 Å². The standard InChI is InChI=1S/C30H33N3O3/c1-6-22-15-17-23(18-16-22)29(34)32(19-20(2)3)21(4)28-31-25-12-8-7-11-24(25)30(35)33(28)26-13-9-10-14-27(26)36-5/h7-18,20-21H,6,19H2,1-5H3. The molecule has 1 aromatic heterocycles. The highest BCUT2D eigenvalue weighted by atomic mass is 16.5. The smallest absolute Gasteiger partial charge is 0.266 e. The van der Waals surface area contributed by atoms with Crippen molar-refractivity contribution >= 4 is 16.8 Å². The first kappa shape index (κ1) is 25.2. The van der Waals surface area contributed by atoms with Gasteiger partial charge in [0.2, 0.25) is 0 Å². The molecule has 3 aromatic carbocycles. The first-order chi connectivity index (χ1) is 17.3. The Hall–Kier alpha value is -3.93. The molecule has 0 radical (unpaired) electrons. The van der Waals surface area contributed by atoms with Gasteiger partial charge in [-0.25, -0.2) is 4.98 Å². The molecule has 1 unspecified atom stereocenters. The number of rotatable bonds is 8. The monoisotopic (exact) mass is 483 g/mol. The van der Waals surface area contributed by atoms with Crippen molar-refractivity contribution in [2.24, 2.45) is 5.92 Å². The van der Waals surface area contributed by atoms with Crippen LogP contribution in [0, 0.1) is 5.92 Å². The summed E-state index contributed by atoms with van der Waals surface area (Å²) in [6.45, 7) is 8.70. The summed E-state index contributed by atoms with van der Waals surface area (Å²) in [4.78, 5) is 34.4. The Kier molecular flexibility index (Phi) is 7.53. The molecule has 0 saturated heterocycles. The van der Waals surface area contributed by atoms with Crippen molar-refractivity contribution in [2.75, 3.05) is 13.7 Å². The third-order valence-electron chi connectivity index (χ3n) is 6.40. The maximum absolute atomic E-state index is 13.8. The topological polar surface area (TPSA) is 64.4 Å². The number of ether oxygens (including phenoxy) is 1. The van der Waals surface area contributed by atoms with E-state index in [1.807, 2.05) is 78.6 Å². The van der Waals surface area contributed by atoms with Gasteiger partial charge in [0.1, 0.15) is 11.6 Å². The quantitative estimate of drug-likeness (QED) is 0.317. The van der Waals surface area contributed by atoms with Gasteiger partial charge < -0.3 is 9.64 Å². The highest BCUT2D eigenvalue weighted by molar-refractivity contribution is 5.94. The minimum absolute atomic E-state index is 0.0900. The van der Waals surface area contributed by atoms with Crippen molar-refractivity contribution in [3.63, 3.8) is 0 Å². The summed E-state index contributed by atoms with van der Waals surface area (Å²) in [5.41, 5.74) is 2.79. The van der Waals surface area contributed by atoms with Crippen LogP contribution in [0.3, 0.4) is 0 Å². The molecule has 186 valence electrons. The third kappa shape index (κ3) is 4.89. The fraction of sp³-hybridized carbons (Fsp3) is 0.300. The summed E-state index contributed by atoms with van der Waals surface area (Å²) in [6, 6.07) is 21.9. The van der Waals surface area contributed by atoms with Gasteiger partial charge in [-0.15, -0.1) is 0 Å². The molecule has 0 saturated carbocycles. The molecule has 0 aliphatic heterocycles. The summed E-state index contributed by atoms with van der Waals surface area (Å²) in [6.07, 6.45) is 0.910. The van der Waals surface area contributed by atoms with E-state index in [0.29, 0.717) is 40.3 Å². The minimum Gasteiger partial charge on any atom is -0.495 e. The van der Waals surface area contributed by atoms with Crippen LogP contribution in [0.4, 0.5) is 0 Å². The molecule has 36 heavy (non-hydrogen) atoms. The fourth-order valence-corrected chi connectivity index (χ4v) is 4.48. The van der Waals surface area contributed by atoms with Gasteiger partial charge in [-0.3, -0.25) is 14.2 Å². The molecule has 4 rings (SSSR count). The lowest BCUT2D eigenvalue weighted by molar-refractivity contribution is 0.0655. The number of carbonyl (C=O) groups is 1. The van der Waals surface area contributed by atoms with Gasteiger partial charge in [-0.05, 0) is 61.2 Å². The van der Waals surface area contributed by atoms with Crippen LogP contribution in [0.2, 0.25) is 0 Å². The van der Waals surface area contributed by atoms with E-state index < -0.39 is 6.04 Å². The molecule has 0 aliphatic rings. The van der Waals surface area contributed by atoms with E-state index in [9.17, 15) is 9.59 Å². The SMILES string of the molecule is CCc1ccc(C(=O)N(CC(C)C)C(C)c2nc3ccccc3c(=O)n2-c2ccccc2OC)cc1. The van der Waals surface area contributed by atoms with Gasteiger partial charge in [0.05, 0.1) is 29.7 Å². The Bertz CT molecular complexity index is 1420. The highest BCUT2D eigenvalue weighted by Gasteiger charge is 2.29. The van der Waals surface area contributed by atoms with Crippen molar-refractivity contribution in [1.29, 1.82) is 0 Å². The van der Waals surface area contributed by atoms with Crippen LogP contribution in [-0.4, -0.2) is 34.0 Å². The summed E-state index contributed by atoms with van der Waals surface area (Å²) in [7, 11) is 1.58. The summed E-state index contributed by atoms with van der Waals surface area (Å²) in [5.74, 6) is 1.18. The number of aromatic nitrogens is 2. The van der Waals surface area contributed by atoms with Gasteiger partial charge >= 0.3 is 0 Å². The number of aryl methyl sites for hydroxylation is 1. The lowest BCUT2D eigenvalue weighted by Crippen LogP contribution is -2.39. The molecule has 1 amide bonds. The molecule has 0 aliphatic carbocycles. The predicted octanol–water partition coefficient (Wildman–Crippen LogP) is 5.82. The van der Waals surface area contributed by atoms with Gasteiger partial charge in [0.15, 0.2) is 0 Å². The van der Waals surface area contributed by atoms with Crippen molar-refractivity contribution in [3.8, 4) is 11.4 Å². The van der Waals surface area contributed by atoms with E-state index in [4.69, 9.17) is 9.72 Å². The minimum atomic E-state index is -0.479. The number of fused-ring (bicyclic) bond motifs is 1. The molecule has 1 atom stereocenters. The summed E-state index contributed by atoms with van der Waals surface area (Å²) >= 11 is 0. The highest BCUT2D eigenvalue weighted by Crippen LogP contribution is 2.29. The Morgan fingerprint density at radius 2 is 1.64 bits per heavy atom. The molecular weight excluding hydrogens is 450 g/mol. The van der Waals surface area contributed by atoms with Crippen LogP contribution >= 0.6 is 0 Å². The second kappa shape index (κ2) is 10.8. The van der Waals surface area contributed by atoms with E-state index in [1.165, 1.54) is 5.56 Å². The molecule has 6 heteroatoms. The van der Waals surface area contributed by atoms with E-state index in [1.54, 1.807) is 17.7 Å². The van der Waals surface area contributed by atoms with Crippen molar-refractivity contribution in [3.05, 3.63) is 100 Å². The van der Waals surface area contributed by atoms with Crippen LogP contribution < -0.4 is 10.3 Å². The summed E-state index contributed by atoms with van der Waals surface area (Å²) in [5, 5.41) is 0.510. The van der Waals surface area contributed by atoms with Crippen molar-refractivity contribution < 1.29 is 9.53 Å². The van der Waals surface area contributed by atoms with E-state index >= 15 is 0 Å². The predicted molar refractivity (Wildman–Crippen MR) is 144 cm³/mol. The van der Waals surface area contributed by atoms with Gasteiger partial charge in [-0.2, -0.15) is 0 Å². The zero-order valence-corrected chi connectivity index (χ0v) is 21.6. The fourth-order valence-electron chi connectivity index (χ4n) is 4.48. The first-order valence-corrected chi connectivity index (χ1v) is 12.4. The molecule has 0 N–H and O–H groups in total. The van der Waals surface area contributed by atoms with Gasteiger partial charge in [0.25, 0.3) is 11.5 Å². The maximum atomic E-state index is 13.8. The lowest BCUT2D eigenvalue weighted by atomic mass is 10.1. The van der Waals surface area contributed by atoms with Gasteiger partial charge in [0, 0.05) is 12.1 Å². The summed E-state index contributed by atoms with van der Waals surface area (Å²) < 4.78 is 7.19. The van der Waals surface area contributed by atoms with E-state index in [0.717, 1.165) is 6.42 Å². The molecule has 0 bridgehead atoms. The number of methoxy groups -OCH3 is 1. The normalized spacial score (nSPS) is 12.1. The number of hydrogen-bond donors (Lipinski definition) is 0. The number of nitrogens with zero attached hydrogens (tertiary/aromatic N) is 3. The van der Waals surface area contributed by atoms with Crippen LogP contribution in [0.15, 0.2) is 77.6 Å². The van der Waals surface area contributed by atoms with Crippen molar-refractivity contribution in [2.45, 2.75) is 40.2 Å². The largest absolute Gasteiger partial charge is 0.495 e. The molecule has 0 spiro atoms. The molecular formula is C30H33N3O3. The molecule has 6 nitrogen and oxygen atoms in total. The Morgan fingerprint density at radius 3 is 2.31 bits per heavy atom. The zero-order valence-electron chi connectivity index (χ0n) is 21.6. The number of hydrogen-bond acceptors (Lipinski definition) is 4. The number of benzene rings is 3. The van der Waals surface area contributed by atoms with E-state index in [-0.39, 0.29) is 17.4 Å². The average Bonchev–Trinajstić information content (AvgIpc) is 2.91. The Balaban J connectivity index is 1.92. The molecule has 0 fully saturated rings. The second-order valence-electron chi connectivity index (χ2n) is 9.38.